The van der Waals surface area contributed by atoms with Gasteiger partial charge in [0.25, 0.3) is 0 Å². The highest BCUT2D eigenvalue weighted by molar-refractivity contribution is 6.30. The molecule has 0 amide bonds. The molecule has 1 unspecified atom stereocenters. The Morgan fingerprint density at radius 2 is 2.05 bits per heavy atom. The van der Waals surface area contributed by atoms with Crippen molar-refractivity contribution in [3.8, 4) is 0 Å². The number of halogens is 1. The van der Waals surface area contributed by atoms with E-state index in [1.54, 1.807) is 0 Å². The third kappa shape index (κ3) is 4.04. The molecular weight excluding hydrogens is 262 g/mol. The smallest absolute Gasteiger partial charge is 0.243 e. The number of aromatic nitrogens is 2. The van der Waals surface area contributed by atoms with Gasteiger partial charge in [-0.2, -0.15) is 4.98 Å². The Balaban J connectivity index is 1.98. The summed E-state index contributed by atoms with van der Waals surface area (Å²) in [5.74, 6) is 1.33. The fraction of sp³-hybridized carbons (Fsp3) is 0.429. The zero-order chi connectivity index (χ0) is 13.7. The van der Waals surface area contributed by atoms with Gasteiger partial charge in [-0.25, -0.2) is 0 Å². The van der Waals surface area contributed by atoms with E-state index >= 15 is 0 Å². The van der Waals surface area contributed by atoms with Crippen molar-refractivity contribution >= 4 is 11.6 Å². The predicted molar refractivity (Wildman–Crippen MR) is 75.3 cm³/mol. The third-order valence-corrected chi connectivity index (χ3v) is 3.08. The lowest BCUT2D eigenvalue weighted by atomic mass is 10.1. The van der Waals surface area contributed by atoms with Crippen LogP contribution in [0.1, 0.15) is 43.6 Å². The second-order valence-corrected chi connectivity index (χ2v) is 4.96. The number of benzene rings is 1. The van der Waals surface area contributed by atoms with E-state index in [4.69, 9.17) is 16.1 Å². The number of rotatable bonds is 6. The van der Waals surface area contributed by atoms with Gasteiger partial charge in [0, 0.05) is 11.4 Å². The normalized spacial score (nSPS) is 12.6. The molecule has 1 atom stereocenters. The quantitative estimate of drug-likeness (QED) is 0.881. The van der Waals surface area contributed by atoms with Gasteiger partial charge in [0.1, 0.15) is 0 Å². The van der Waals surface area contributed by atoms with Gasteiger partial charge in [-0.05, 0) is 37.6 Å². The van der Waals surface area contributed by atoms with E-state index in [1.807, 2.05) is 31.2 Å². The van der Waals surface area contributed by atoms with Crippen molar-refractivity contribution < 1.29 is 4.52 Å². The fourth-order valence-electron chi connectivity index (χ4n) is 1.75. The van der Waals surface area contributed by atoms with Gasteiger partial charge in [0.05, 0.1) is 6.04 Å². The first-order valence-electron chi connectivity index (χ1n) is 6.49. The first-order chi connectivity index (χ1) is 9.19. The second-order valence-electron chi connectivity index (χ2n) is 4.53. The SMILES string of the molecule is CCCNC(C)c1nc(Cc2ccc(Cl)cc2)no1. The molecule has 0 aliphatic rings. The maximum Gasteiger partial charge on any atom is 0.243 e. The van der Waals surface area contributed by atoms with E-state index in [1.165, 1.54) is 0 Å². The van der Waals surface area contributed by atoms with Crippen LogP contribution in [-0.4, -0.2) is 16.7 Å². The minimum Gasteiger partial charge on any atom is -0.338 e. The zero-order valence-corrected chi connectivity index (χ0v) is 11.9. The summed E-state index contributed by atoms with van der Waals surface area (Å²) >= 11 is 5.85. The zero-order valence-electron chi connectivity index (χ0n) is 11.2. The maximum absolute atomic E-state index is 5.85. The Kier molecular flexibility index (Phi) is 4.93. The highest BCUT2D eigenvalue weighted by atomic mass is 35.5. The van der Waals surface area contributed by atoms with E-state index in [9.17, 15) is 0 Å². The summed E-state index contributed by atoms with van der Waals surface area (Å²) in [6.07, 6.45) is 1.73. The van der Waals surface area contributed by atoms with Crippen molar-refractivity contribution in [1.82, 2.24) is 15.5 Å². The van der Waals surface area contributed by atoms with Crippen molar-refractivity contribution in [1.29, 1.82) is 0 Å². The molecule has 2 aromatic rings. The van der Waals surface area contributed by atoms with Crippen LogP contribution in [0, 0.1) is 0 Å². The van der Waals surface area contributed by atoms with Crippen molar-refractivity contribution in [2.45, 2.75) is 32.7 Å². The van der Waals surface area contributed by atoms with Gasteiger partial charge in [-0.15, -0.1) is 0 Å². The van der Waals surface area contributed by atoms with Gasteiger partial charge in [-0.3, -0.25) is 0 Å². The Morgan fingerprint density at radius 3 is 2.74 bits per heavy atom. The van der Waals surface area contributed by atoms with Crippen LogP contribution in [0.3, 0.4) is 0 Å². The molecule has 4 nitrogen and oxygen atoms in total. The average molecular weight is 280 g/mol. The fourth-order valence-corrected chi connectivity index (χ4v) is 1.87. The largest absolute Gasteiger partial charge is 0.338 e. The highest BCUT2D eigenvalue weighted by Crippen LogP contribution is 2.14. The molecule has 0 aliphatic heterocycles. The molecule has 0 spiro atoms. The summed E-state index contributed by atoms with van der Waals surface area (Å²) in [6, 6.07) is 7.76. The number of hydrogen-bond donors (Lipinski definition) is 1. The van der Waals surface area contributed by atoms with Crippen LogP contribution >= 0.6 is 11.6 Å². The van der Waals surface area contributed by atoms with Gasteiger partial charge in [0.15, 0.2) is 5.82 Å². The molecule has 102 valence electrons. The van der Waals surface area contributed by atoms with Crippen molar-refractivity contribution in [2.75, 3.05) is 6.54 Å². The Bertz CT molecular complexity index is 510. The Hall–Kier alpha value is -1.39. The molecule has 1 heterocycles. The van der Waals surface area contributed by atoms with E-state index in [0.29, 0.717) is 18.1 Å². The van der Waals surface area contributed by atoms with Crippen molar-refractivity contribution in [3.63, 3.8) is 0 Å². The average Bonchev–Trinajstić information content (AvgIpc) is 2.87. The van der Waals surface area contributed by atoms with Crippen LogP contribution in [0.2, 0.25) is 5.02 Å². The minimum atomic E-state index is 0.0893. The summed E-state index contributed by atoms with van der Waals surface area (Å²) in [6.45, 7) is 5.09. The lowest BCUT2D eigenvalue weighted by Gasteiger charge is -2.06. The minimum absolute atomic E-state index is 0.0893. The number of hydrogen-bond acceptors (Lipinski definition) is 4. The van der Waals surface area contributed by atoms with Crippen LogP contribution in [-0.2, 0) is 6.42 Å². The summed E-state index contributed by atoms with van der Waals surface area (Å²) in [7, 11) is 0. The topological polar surface area (TPSA) is 51.0 Å². The van der Waals surface area contributed by atoms with Crippen LogP contribution in [0.4, 0.5) is 0 Å². The molecule has 0 saturated carbocycles. The molecule has 1 aromatic heterocycles. The van der Waals surface area contributed by atoms with Crippen molar-refractivity contribution in [2.24, 2.45) is 0 Å². The standard InChI is InChI=1S/C14H18ClN3O/c1-3-8-16-10(2)14-17-13(18-19-14)9-11-4-6-12(15)7-5-11/h4-7,10,16H,3,8-9H2,1-2H3. The molecule has 19 heavy (non-hydrogen) atoms. The molecule has 0 fully saturated rings. The Labute approximate surface area is 118 Å². The molecule has 0 radical (unpaired) electrons. The summed E-state index contributed by atoms with van der Waals surface area (Å²) in [4.78, 5) is 4.41. The third-order valence-electron chi connectivity index (χ3n) is 2.83. The van der Waals surface area contributed by atoms with Crippen LogP contribution in [0.15, 0.2) is 28.8 Å². The highest BCUT2D eigenvalue weighted by Gasteiger charge is 2.13. The van der Waals surface area contributed by atoms with Crippen LogP contribution in [0.25, 0.3) is 0 Å². The number of nitrogens with one attached hydrogen (secondary N) is 1. The predicted octanol–water partition coefficient (Wildman–Crippen LogP) is 3.37. The molecule has 2 rings (SSSR count). The molecule has 1 aromatic carbocycles. The monoisotopic (exact) mass is 279 g/mol. The van der Waals surface area contributed by atoms with Gasteiger partial charge in [-0.1, -0.05) is 35.8 Å². The van der Waals surface area contributed by atoms with E-state index < -0.39 is 0 Å². The summed E-state index contributed by atoms with van der Waals surface area (Å²) < 4.78 is 5.27. The second kappa shape index (κ2) is 6.68. The molecule has 0 aliphatic carbocycles. The van der Waals surface area contributed by atoms with Crippen LogP contribution in [0.5, 0.6) is 0 Å². The molecule has 1 N–H and O–H groups in total. The summed E-state index contributed by atoms with van der Waals surface area (Å²) in [5, 5.41) is 8.05. The van der Waals surface area contributed by atoms with Crippen LogP contribution < -0.4 is 5.32 Å². The maximum atomic E-state index is 5.85. The molecule has 5 heteroatoms. The van der Waals surface area contributed by atoms with Gasteiger partial charge in [0.2, 0.25) is 5.89 Å². The lowest BCUT2D eigenvalue weighted by molar-refractivity contribution is 0.337. The van der Waals surface area contributed by atoms with Gasteiger partial charge >= 0.3 is 0 Å². The molecular formula is C14H18ClN3O. The van der Waals surface area contributed by atoms with Crippen molar-refractivity contribution in [3.05, 3.63) is 46.6 Å². The lowest BCUT2D eigenvalue weighted by Crippen LogP contribution is -2.19. The number of nitrogens with zero attached hydrogens (tertiary/aromatic N) is 2. The Morgan fingerprint density at radius 1 is 1.32 bits per heavy atom. The summed E-state index contributed by atoms with van der Waals surface area (Å²) in [5.41, 5.74) is 1.12. The van der Waals surface area contributed by atoms with E-state index in [0.717, 1.165) is 23.6 Å². The van der Waals surface area contributed by atoms with E-state index in [2.05, 4.69) is 22.4 Å². The first-order valence-corrected chi connectivity index (χ1v) is 6.87. The van der Waals surface area contributed by atoms with Gasteiger partial charge < -0.3 is 9.84 Å². The molecule has 0 bridgehead atoms. The first kappa shape index (κ1) is 14.0. The van der Waals surface area contributed by atoms with E-state index in [-0.39, 0.29) is 6.04 Å². The molecule has 0 saturated heterocycles.